The molecule has 0 aliphatic carbocycles. The van der Waals surface area contributed by atoms with Crippen LogP contribution in [-0.2, 0) is 0 Å². The molecule has 1 rings (SSSR count). The van der Waals surface area contributed by atoms with Gasteiger partial charge < -0.3 is 5.73 Å². The van der Waals surface area contributed by atoms with E-state index in [1.54, 1.807) is 0 Å². The van der Waals surface area contributed by atoms with E-state index in [0.717, 1.165) is 0 Å². The first-order chi connectivity index (χ1) is 9.16. The van der Waals surface area contributed by atoms with Crippen LogP contribution in [0.2, 0.25) is 0 Å². The molecule has 0 heterocycles. The predicted molar refractivity (Wildman–Crippen MR) is 63.1 cm³/mol. The quantitative estimate of drug-likeness (QED) is 0.808. The van der Waals surface area contributed by atoms with Crippen LogP contribution in [0.3, 0.4) is 0 Å². The maximum atomic E-state index is 13.0. The Morgan fingerprint density at radius 3 is 1.85 bits per heavy atom. The van der Waals surface area contributed by atoms with E-state index in [4.69, 9.17) is 5.73 Å². The lowest BCUT2D eigenvalue weighted by Gasteiger charge is -2.27. The monoisotopic (exact) mass is 299 g/mol. The molecule has 0 aromatic heterocycles. The molecule has 114 valence electrons. The number of nitrogens with two attached hydrogens (primary N) is 1. The van der Waals surface area contributed by atoms with Crippen molar-refractivity contribution in [2.24, 2.45) is 11.7 Å². The highest BCUT2D eigenvalue weighted by Gasteiger charge is 2.47. The summed E-state index contributed by atoms with van der Waals surface area (Å²) in [4.78, 5) is 0. The van der Waals surface area contributed by atoms with Crippen molar-refractivity contribution in [1.29, 1.82) is 0 Å². The topological polar surface area (TPSA) is 26.0 Å². The van der Waals surface area contributed by atoms with Crippen LogP contribution in [0.15, 0.2) is 30.3 Å². The van der Waals surface area contributed by atoms with E-state index in [9.17, 15) is 26.3 Å². The summed E-state index contributed by atoms with van der Waals surface area (Å²) in [6, 6.07) is 6.64. The molecule has 0 bridgehead atoms. The van der Waals surface area contributed by atoms with E-state index < -0.39 is 37.0 Å². The third kappa shape index (κ3) is 4.70. The van der Waals surface area contributed by atoms with Crippen molar-refractivity contribution in [3.8, 4) is 0 Å². The zero-order chi connectivity index (χ0) is 15.4. The summed E-state index contributed by atoms with van der Waals surface area (Å²) in [5.74, 6) is -4.19. The lowest BCUT2D eigenvalue weighted by atomic mass is 9.86. The molecule has 0 aliphatic rings. The molecule has 20 heavy (non-hydrogen) atoms. The lowest BCUT2D eigenvalue weighted by molar-refractivity contribution is -0.197. The van der Waals surface area contributed by atoms with Gasteiger partial charge in [0.2, 0.25) is 0 Å². The molecule has 0 amide bonds. The van der Waals surface area contributed by atoms with Gasteiger partial charge in [-0.05, 0) is 24.9 Å². The fraction of sp³-hybridized carbons (Fsp3) is 0.538. The molecule has 1 aromatic rings. The molecule has 0 aliphatic heterocycles. The van der Waals surface area contributed by atoms with E-state index in [0.29, 0.717) is 0 Å². The smallest absolute Gasteiger partial charge is 0.330 e. The molecular weight excluding hydrogens is 284 g/mol. The van der Waals surface area contributed by atoms with Gasteiger partial charge in [0.15, 0.2) is 0 Å². The highest BCUT2D eigenvalue weighted by Crippen LogP contribution is 2.43. The minimum atomic E-state index is -4.72. The fourth-order valence-corrected chi connectivity index (χ4v) is 2.04. The third-order valence-electron chi connectivity index (χ3n) is 3.10. The molecule has 0 spiro atoms. The molecular formula is C13H15F6N. The van der Waals surface area contributed by atoms with Crippen LogP contribution in [0, 0.1) is 5.92 Å². The van der Waals surface area contributed by atoms with Gasteiger partial charge in [0.05, 0.1) is 11.8 Å². The Hall–Kier alpha value is -1.24. The van der Waals surface area contributed by atoms with Crippen LogP contribution in [0.4, 0.5) is 26.3 Å². The highest BCUT2D eigenvalue weighted by molar-refractivity contribution is 5.21. The average Bonchev–Trinajstić information content (AvgIpc) is 2.32. The second-order valence-corrected chi connectivity index (χ2v) is 4.56. The van der Waals surface area contributed by atoms with E-state index in [1.807, 2.05) is 0 Å². The van der Waals surface area contributed by atoms with Crippen molar-refractivity contribution < 1.29 is 26.3 Å². The Morgan fingerprint density at radius 1 is 0.900 bits per heavy atom. The Bertz CT molecular complexity index is 398. The van der Waals surface area contributed by atoms with Gasteiger partial charge in [-0.3, -0.25) is 0 Å². The van der Waals surface area contributed by atoms with Crippen molar-refractivity contribution in [3.05, 3.63) is 35.9 Å². The molecule has 1 aromatic carbocycles. The molecule has 7 heteroatoms. The zero-order valence-corrected chi connectivity index (χ0v) is 10.5. The van der Waals surface area contributed by atoms with Crippen molar-refractivity contribution in [2.45, 2.75) is 31.1 Å². The number of hydrogen-bond donors (Lipinski definition) is 1. The lowest BCUT2D eigenvalue weighted by Crippen LogP contribution is -2.31. The van der Waals surface area contributed by atoms with Crippen molar-refractivity contribution in [1.82, 2.24) is 0 Å². The van der Waals surface area contributed by atoms with Gasteiger partial charge in [-0.1, -0.05) is 30.3 Å². The average molecular weight is 299 g/mol. The SMILES string of the molecule is NCCC(CC(c1ccccc1)C(F)(F)F)C(F)(F)F. The Balaban J connectivity index is 3.01. The van der Waals surface area contributed by atoms with Crippen LogP contribution >= 0.6 is 0 Å². The molecule has 0 saturated heterocycles. The summed E-state index contributed by atoms with van der Waals surface area (Å²) in [6.07, 6.45) is -11.0. The van der Waals surface area contributed by atoms with Crippen molar-refractivity contribution >= 4 is 0 Å². The van der Waals surface area contributed by atoms with Crippen LogP contribution in [0.25, 0.3) is 0 Å². The van der Waals surface area contributed by atoms with Crippen LogP contribution < -0.4 is 5.73 Å². The summed E-state index contributed by atoms with van der Waals surface area (Å²) in [7, 11) is 0. The number of benzene rings is 1. The maximum Gasteiger partial charge on any atom is 0.395 e. The molecule has 0 fully saturated rings. The Morgan fingerprint density at radius 2 is 1.45 bits per heavy atom. The highest BCUT2D eigenvalue weighted by atomic mass is 19.4. The van der Waals surface area contributed by atoms with E-state index >= 15 is 0 Å². The predicted octanol–water partition coefficient (Wildman–Crippen LogP) is 4.25. The standard InChI is InChI=1S/C13H15F6N/c14-12(15,16)10(6-7-20)8-11(13(17,18)19)9-4-2-1-3-5-9/h1-5,10-11H,6-8,20H2. The normalized spacial score (nSPS) is 15.9. The second-order valence-electron chi connectivity index (χ2n) is 4.56. The summed E-state index contributed by atoms with van der Waals surface area (Å²) < 4.78 is 77.2. The largest absolute Gasteiger partial charge is 0.395 e. The molecule has 0 radical (unpaired) electrons. The van der Waals surface area contributed by atoms with Crippen molar-refractivity contribution in [3.63, 3.8) is 0 Å². The van der Waals surface area contributed by atoms with Crippen LogP contribution in [-0.4, -0.2) is 18.9 Å². The van der Waals surface area contributed by atoms with E-state index in [2.05, 4.69) is 0 Å². The van der Waals surface area contributed by atoms with Gasteiger partial charge in [0.25, 0.3) is 0 Å². The van der Waals surface area contributed by atoms with E-state index in [1.165, 1.54) is 30.3 Å². The number of rotatable bonds is 5. The van der Waals surface area contributed by atoms with Crippen molar-refractivity contribution in [2.75, 3.05) is 6.54 Å². The number of alkyl halides is 6. The molecule has 2 atom stereocenters. The second kappa shape index (κ2) is 6.47. The molecule has 2 N–H and O–H groups in total. The summed E-state index contributed by atoms with van der Waals surface area (Å²) in [5.41, 5.74) is 4.91. The molecule has 2 unspecified atom stereocenters. The summed E-state index contributed by atoms with van der Waals surface area (Å²) in [6.45, 7) is -0.302. The molecule has 1 nitrogen and oxygen atoms in total. The first-order valence-electron chi connectivity index (χ1n) is 6.04. The van der Waals surface area contributed by atoms with Gasteiger partial charge in [-0.15, -0.1) is 0 Å². The zero-order valence-electron chi connectivity index (χ0n) is 10.5. The van der Waals surface area contributed by atoms with Gasteiger partial charge in [-0.25, -0.2) is 0 Å². The van der Waals surface area contributed by atoms with Gasteiger partial charge in [0.1, 0.15) is 0 Å². The Kier molecular flexibility index (Phi) is 5.44. The first kappa shape index (κ1) is 16.8. The summed E-state index contributed by atoms with van der Waals surface area (Å²) in [5, 5.41) is 0. The third-order valence-corrected chi connectivity index (χ3v) is 3.10. The molecule has 0 saturated carbocycles. The van der Waals surface area contributed by atoms with Gasteiger partial charge >= 0.3 is 12.4 Å². The van der Waals surface area contributed by atoms with Gasteiger partial charge in [-0.2, -0.15) is 26.3 Å². The fourth-order valence-electron chi connectivity index (χ4n) is 2.04. The van der Waals surface area contributed by atoms with Gasteiger partial charge in [0, 0.05) is 0 Å². The van der Waals surface area contributed by atoms with E-state index in [-0.39, 0.29) is 12.1 Å². The number of halogens is 6. The van der Waals surface area contributed by atoms with Crippen LogP contribution in [0.1, 0.15) is 24.3 Å². The minimum Gasteiger partial charge on any atom is -0.330 e. The maximum absolute atomic E-state index is 13.0. The summed E-state index contributed by atoms with van der Waals surface area (Å²) >= 11 is 0. The number of hydrogen-bond acceptors (Lipinski definition) is 1. The Labute approximate surface area is 112 Å². The van der Waals surface area contributed by atoms with Crippen LogP contribution in [0.5, 0.6) is 0 Å². The minimum absolute atomic E-state index is 0.161. The first-order valence-corrected chi connectivity index (χ1v) is 6.04.